The molecule has 34 heavy (non-hydrogen) atoms. The number of halogens is 4. The van der Waals surface area contributed by atoms with Crippen LogP contribution in [0.4, 0.5) is 0 Å². The highest BCUT2D eigenvalue weighted by atomic mass is 35.5. The smallest absolute Gasteiger partial charge is 0.311 e. The van der Waals surface area contributed by atoms with Gasteiger partial charge in [0.25, 0.3) is 0 Å². The molecule has 1 saturated carbocycles. The highest BCUT2D eigenvalue weighted by Gasteiger charge is 2.62. The Hall–Kier alpha value is -2.42. The Bertz CT molecular complexity index is 1250. The molecule has 0 spiro atoms. The van der Waals surface area contributed by atoms with Crippen LogP contribution in [0.3, 0.4) is 0 Å². The molecule has 0 amide bonds. The number of ether oxygens (including phenoxy) is 2. The average Bonchev–Trinajstić information content (AvgIpc) is 3.33. The third kappa shape index (κ3) is 4.72. The Morgan fingerprint density at radius 2 is 1.59 bits per heavy atom. The third-order valence-electron chi connectivity index (χ3n) is 6.05. The molecule has 0 bridgehead atoms. The van der Waals surface area contributed by atoms with Crippen LogP contribution in [-0.4, -0.2) is 5.97 Å². The van der Waals surface area contributed by atoms with E-state index in [2.05, 4.69) is 6.07 Å². The molecule has 0 aliphatic heterocycles. The molecule has 2 aliphatic carbocycles. The monoisotopic (exact) mass is 533 g/mol. The zero-order valence-corrected chi connectivity index (χ0v) is 21.2. The fourth-order valence-corrected chi connectivity index (χ4v) is 5.06. The molecule has 2 aliphatic rings. The summed E-state index contributed by atoms with van der Waals surface area (Å²) < 4.78 is 11.4. The second-order valence-electron chi connectivity index (χ2n) is 8.59. The van der Waals surface area contributed by atoms with Crippen molar-refractivity contribution in [2.24, 2.45) is 17.3 Å². The molecular weight excluding hydrogens is 516 g/mol. The summed E-state index contributed by atoms with van der Waals surface area (Å²) in [5, 5.41) is 10.6. The number of hydrogen-bond donors (Lipinski definition) is 0. The van der Waals surface area contributed by atoms with Crippen molar-refractivity contribution in [2.75, 3.05) is 0 Å². The quantitative estimate of drug-likeness (QED) is 0.350. The highest BCUT2D eigenvalue weighted by Crippen LogP contribution is 2.61. The van der Waals surface area contributed by atoms with Crippen LogP contribution in [0.1, 0.15) is 25.5 Å². The van der Waals surface area contributed by atoms with E-state index in [4.69, 9.17) is 55.9 Å². The van der Waals surface area contributed by atoms with Gasteiger partial charge < -0.3 is 9.47 Å². The van der Waals surface area contributed by atoms with Crippen molar-refractivity contribution in [1.29, 1.82) is 5.26 Å². The zero-order chi connectivity index (χ0) is 24.6. The molecule has 4 rings (SSSR count). The Kier molecular flexibility index (Phi) is 7.03. The van der Waals surface area contributed by atoms with E-state index in [0.717, 1.165) is 0 Å². The summed E-state index contributed by atoms with van der Waals surface area (Å²) >= 11 is 24.7. The molecule has 4 nitrogen and oxygen atoms in total. The van der Waals surface area contributed by atoms with Gasteiger partial charge in [0.15, 0.2) is 0 Å². The lowest BCUT2D eigenvalue weighted by Crippen LogP contribution is -2.14. The maximum atomic E-state index is 13.0. The van der Waals surface area contributed by atoms with Gasteiger partial charge in [-0.05, 0) is 35.6 Å². The van der Waals surface area contributed by atoms with Crippen molar-refractivity contribution >= 4 is 52.4 Å². The molecule has 8 heteroatoms. The minimum absolute atomic E-state index is 0.180. The maximum absolute atomic E-state index is 13.0. The number of hydrogen-bond acceptors (Lipinski definition) is 4. The second kappa shape index (κ2) is 9.68. The molecule has 0 radical (unpaired) electrons. The Balaban J connectivity index is 1.50. The van der Waals surface area contributed by atoms with Gasteiger partial charge in [-0.15, -0.1) is 0 Å². The molecule has 2 aromatic carbocycles. The molecule has 2 aromatic rings. The van der Waals surface area contributed by atoms with Gasteiger partial charge in [-0.3, -0.25) is 4.79 Å². The molecular formula is C26H19Cl4NO3. The van der Waals surface area contributed by atoms with E-state index in [0.29, 0.717) is 22.6 Å². The number of nitrogens with zero attached hydrogens (tertiary/aromatic N) is 1. The summed E-state index contributed by atoms with van der Waals surface area (Å²) in [7, 11) is 0. The van der Waals surface area contributed by atoms with E-state index >= 15 is 0 Å². The minimum Gasteiger partial charge on any atom is -0.457 e. The van der Waals surface area contributed by atoms with Crippen molar-refractivity contribution < 1.29 is 14.3 Å². The summed E-state index contributed by atoms with van der Waals surface area (Å²) in [5.41, 5.74) is 0.594. The van der Waals surface area contributed by atoms with Crippen molar-refractivity contribution in [2.45, 2.75) is 20.0 Å². The standard InChI is InChI=1S/C26H19Cl4NO3/c1-26(2)18(12-17-21(27)23(29)24(30)22(17)28)20(26)25(32)34-19(13-31)14-7-6-10-16(11-14)33-15-8-4-3-5-9-15/h3-12,18-20H,1-2H3. The van der Waals surface area contributed by atoms with Crippen LogP contribution >= 0.6 is 46.4 Å². The second-order valence-corrected chi connectivity index (χ2v) is 10.1. The van der Waals surface area contributed by atoms with Crippen LogP contribution in [0.15, 0.2) is 86.4 Å². The maximum Gasteiger partial charge on any atom is 0.311 e. The predicted octanol–water partition coefficient (Wildman–Crippen LogP) is 8.18. The van der Waals surface area contributed by atoms with Crippen LogP contribution in [0.25, 0.3) is 0 Å². The first kappa shape index (κ1) is 24.7. The van der Waals surface area contributed by atoms with Gasteiger partial charge in [0.05, 0.1) is 26.0 Å². The molecule has 1 fully saturated rings. The summed E-state index contributed by atoms with van der Waals surface area (Å²) in [6, 6.07) is 18.2. The third-order valence-corrected chi connectivity index (χ3v) is 7.88. The number of benzene rings is 2. The van der Waals surface area contributed by atoms with E-state index in [9.17, 15) is 10.1 Å². The molecule has 174 valence electrons. The van der Waals surface area contributed by atoms with Gasteiger partial charge in [0.1, 0.15) is 17.6 Å². The van der Waals surface area contributed by atoms with Crippen LogP contribution in [0.5, 0.6) is 11.5 Å². The van der Waals surface area contributed by atoms with Crippen LogP contribution in [0.2, 0.25) is 0 Å². The van der Waals surface area contributed by atoms with Crippen LogP contribution < -0.4 is 4.74 Å². The van der Waals surface area contributed by atoms with E-state index < -0.39 is 23.4 Å². The number of allylic oxidation sites excluding steroid dienone is 6. The predicted molar refractivity (Wildman–Crippen MR) is 134 cm³/mol. The zero-order valence-electron chi connectivity index (χ0n) is 18.2. The largest absolute Gasteiger partial charge is 0.457 e. The van der Waals surface area contributed by atoms with Gasteiger partial charge in [-0.25, -0.2) is 0 Å². The van der Waals surface area contributed by atoms with Gasteiger partial charge in [-0.2, -0.15) is 5.26 Å². The van der Waals surface area contributed by atoms with Gasteiger partial charge in [0.2, 0.25) is 6.10 Å². The lowest BCUT2D eigenvalue weighted by molar-refractivity contribution is -0.149. The minimum atomic E-state index is -1.08. The van der Waals surface area contributed by atoms with Gasteiger partial charge in [0, 0.05) is 11.1 Å². The summed E-state index contributed by atoms with van der Waals surface area (Å²) in [4.78, 5) is 13.0. The number of para-hydroxylation sites is 1. The lowest BCUT2D eigenvalue weighted by atomic mass is 10.1. The first-order chi connectivity index (χ1) is 16.1. The normalized spacial score (nSPS) is 21.7. The van der Waals surface area contributed by atoms with Gasteiger partial charge >= 0.3 is 5.97 Å². The van der Waals surface area contributed by atoms with Crippen molar-refractivity contribution in [1.82, 2.24) is 0 Å². The SMILES string of the molecule is CC1(C)C(C=C2C(Cl)=C(Cl)C(Cl)=C2Cl)C1C(=O)OC(C#N)c1cccc(Oc2ccccc2)c1. The molecule has 0 saturated heterocycles. The first-order valence-corrected chi connectivity index (χ1v) is 11.9. The molecule has 0 aromatic heterocycles. The molecule has 0 heterocycles. The number of carbonyl (C=O) groups excluding carboxylic acids is 1. The van der Waals surface area contributed by atoms with E-state index in [1.807, 2.05) is 44.2 Å². The number of rotatable bonds is 6. The van der Waals surface area contributed by atoms with E-state index in [-0.39, 0.29) is 26.0 Å². The fourth-order valence-electron chi connectivity index (χ4n) is 4.01. The number of carbonyl (C=O) groups is 1. The van der Waals surface area contributed by atoms with Crippen molar-refractivity contribution in [3.63, 3.8) is 0 Å². The number of esters is 1. The molecule has 3 unspecified atom stereocenters. The molecule has 3 atom stereocenters. The van der Waals surface area contributed by atoms with Crippen LogP contribution in [0, 0.1) is 28.6 Å². The van der Waals surface area contributed by atoms with E-state index in [1.165, 1.54) is 0 Å². The average molecular weight is 535 g/mol. The highest BCUT2D eigenvalue weighted by molar-refractivity contribution is 6.55. The Morgan fingerprint density at radius 3 is 2.21 bits per heavy atom. The Labute approximate surface area is 218 Å². The Morgan fingerprint density at radius 1 is 0.971 bits per heavy atom. The topological polar surface area (TPSA) is 59.3 Å². The first-order valence-electron chi connectivity index (χ1n) is 10.4. The summed E-state index contributed by atoms with van der Waals surface area (Å²) in [6.45, 7) is 3.87. The lowest BCUT2D eigenvalue weighted by Gasteiger charge is -2.13. The summed E-state index contributed by atoms with van der Waals surface area (Å²) in [5.74, 6) is 0.0204. The van der Waals surface area contributed by atoms with Crippen molar-refractivity contribution in [3.8, 4) is 17.6 Å². The molecule has 0 N–H and O–H groups in total. The van der Waals surface area contributed by atoms with E-state index in [1.54, 1.807) is 30.3 Å². The van der Waals surface area contributed by atoms with Crippen molar-refractivity contribution in [3.05, 3.63) is 91.9 Å². The van der Waals surface area contributed by atoms with Gasteiger partial charge in [-0.1, -0.05) is 96.7 Å². The number of nitriles is 1. The van der Waals surface area contributed by atoms with Crippen LogP contribution in [-0.2, 0) is 9.53 Å². The summed E-state index contributed by atoms with van der Waals surface area (Å²) in [6.07, 6.45) is 0.711. The fraction of sp³-hybridized carbons (Fsp3) is 0.231.